The average molecular weight is 238 g/mol. The van der Waals surface area contributed by atoms with E-state index in [0.717, 1.165) is 16.7 Å². The summed E-state index contributed by atoms with van der Waals surface area (Å²) in [6, 6.07) is 15.5. The van der Waals surface area contributed by atoms with E-state index < -0.39 is 0 Å². The van der Waals surface area contributed by atoms with Crippen molar-refractivity contribution in [2.24, 2.45) is 0 Å². The van der Waals surface area contributed by atoms with Crippen LogP contribution in [0.1, 0.15) is 22.7 Å². The van der Waals surface area contributed by atoms with Crippen molar-refractivity contribution in [3.8, 4) is 0 Å². The second kappa shape index (κ2) is 4.18. The number of nitrogens with two attached hydrogens (primary N) is 1. The van der Waals surface area contributed by atoms with Crippen LogP contribution < -0.4 is 11.1 Å². The van der Waals surface area contributed by atoms with Gasteiger partial charge in [0.1, 0.15) is 0 Å². The van der Waals surface area contributed by atoms with Crippen LogP contribution in [-0.4, -0.2) is 5.91 Å². The number of para-hydroxylation sites is 1. The lowest BCUT2D eigenvalue weighted by Crippen LogP contribution is -2.36. The highest BCUT2D eigenvalue weighted by molar-refractivity contribution is 5.82. The maximum atomic E-state index is 11.8. The molecule has 0 radical (unpaired) electrons. The molecule has 2 aromatic rings. The van der Waals surface area contributed by atoms with Gasteiger partial charge in [-0.1, -0.05) is 42.5 Å². The smallest absolute Gasteiger partial charge is 0.225 e. The molecule has 1 aliphatic rings. The van der Waals surface area contributed by atoms with E-state index in [9.17, 15) is 4.79 Å². The van der Waals surface area contributed by atoms with E-state index >= 15 is 0 Å². The van der Waals surface area contributed by atoms with Gasteiger partial charge in [0.25, 0.3) is 0 Å². The first kappa shape index (κ1) is 10.8. The summed E-state index contributed by atoms with van der Waals surface area (Å²) in [5.41, 5.74) is 9.88. The summed E-state index contributed by atoms with van der Waals surface area (Å²) in [4.78, 5) is 11.8. The van der Waals surface area contributed by atoms with Gasteiger partial charge < -0.3 is 11.1 Å². The molecular formula is C15H14N2O. The van der Waals surface area contributed by atoms with Crippen LogP contribution in [0.2, 0.25) is 0 Å². The molecule has 0 aliphatic carbocycles. The van der Waals surface area contributed by atoms with E-state index in [1.54, 1.807) is 0 Å². The Kier molecular flexibility index (Phi) is 2.52. The van der Waals surface area contributed by atoms with E-state index in [4.69, 9.17) is 5.73 Å². The number of nitrogens with one attached hydrogen (secondary N) is 1. The topological polar surface area (TPSA) is 55.1 Å². The average Bonchev–Trinajstić information content (AvgIpc) is 2.38. The van der Waals surface area contributed by atoms with Gasteiger partial charge >= 0.3 is 0 Å². The SMILES string of the molecule is Nc1ccccc1[C@@H]1NC(=O)Cc2ccccc21. The normalized spacial score (nSPS) is 18.0. The van der Waals surface area contributed by atoms with E-state index in [-0.39, 0.29) is 11.9 Å². The van der Waals surface area contributed by atoms with E-state index in [0.29, 0.717) is 12.1 Å². The van der Waals surface area contributed by atoms with Gasteiger partial charge in [-0.2, -0.15) is 0 Å². The van der Waals surface area contributed by atoms with Gasteiger partial charge in [0, 0.05) is 11.3 Å². The van der Waals surface area contributed by atoms with Crippen molar-refractivity contribution in [3.63, 3.8) is 0 Å². The molecule has 1 aliphatic heterocycles. The number of fused-ring (bicyclic) bond motifs is 1. The number of anilines is 1. The number of hydrogen-bond donors (Lipinski definition) is 2. The van der Waals surface area contributed by atoms with E-state index in [2.05, 4.69) is 5.32 Å². The number of nitrogen functional groups attached to an aromatic ring is 1. The molecular weight excluding hydrogens is 224 g/mol. The Hall–Kier alpha value is -2.29. The fourth-order valence-electron chi connectivity index (χ4n) is 2.46. The molecule has 3 heteroatoms. The molecule has 0 saturated heterocycles. The highest BCUT2D eigenvalue weighted by Gasteiger charge is 2.26. The molecule has 0 aromatic heterocycles. The Labute approximate surface area is 106 Å². The van der Waals surface area contributed by atoms with Crippen LogP contribution in [0.5, 0.6) is 0 Å². The maximum Gasteiger partial charge on any atom is 0.225 e. The maximum absolute atomic E-state index is 11.8. The van der Waals surface area contributed by atoms with Gasteiger partial charge in [0.05, 0.1) is 12.5 Å². The molecule has 2 aromatic carbocycles. The Bertz CT molecular complexity index is 607. The molecule has 0 fully saturated rings. The summed E-state index contributed by atoms with van der Waals surface area (Å²) in [6.45, 7) is 0. The lowest BCUT2D eigenvalue weighted by molar-refractivity contribution is -0.121. The van der Waals surface area contributed by atoms with Crippen LogP contribution in [0, 0.1) is 0 Å². The Balaban J connectivity index is 2.13. The summed E-state index contributed by atoms with van der Waals surface area (Å²) in [5, 5.41) is 3.01. The summed E-state index contributed by atoms with van der Waals surface area (Å²) in [5.74, 6) is 0.0435. The molecule has 1 heterocycles. The predicted molar refractivity (Wildman–Crippen MR) is 71.0 cm³/mol. The number of carbonyl (C=O) groups excluding carboxylic acids is 1. The number of amides is 1. The summed E-state index contributed by atoms with van der Waals surface area (Å²) < 4.78 is 0. The van der Waals surface area contributed by atoms with Crippen molar-refractivity contribution in [2.75, 3.05) is 5.73 Å². The third kappa shape index (κ3) is 1.74. The fraction of sp³-hybridized carbons (Fsp3) is 0.133. The van der Waals surface area contributed by atoms with Crippen molar-refractivity contribution in [2.45, 2.75) is 12.5 Å². The Morgan fingerprint density at radius 1 is 1.00 bits per heavy atom. The van der Waals surface area contributed by atoms with Crippen molar-refractivity contribution >= 4 is 11.6 Å². The quantitative estimate of drug-likeness (QED) is 0.747. The molecule has 0 unspecified atom stereocenters. The molecule has 0 bridgehead atoms. The molecule has 3 N–H and O–H groups in total. The van der Waals surface area contributed by atoms with Crippen LogP contribution in [-0.2, 0) is 11.2 Å². The van der Waals surface area contributed by atoms with Gasteiger partial charge in [0.2, 0.25) is 5.91 Å². The van der Waals surface area contributed by atoms with Crippen LogP contribution in [0.25, 0.3) is 0 Å². The zero-order valence-electron chi connectivity index (χ0n) is 9.89. The first-order valence-electron chi connectivity index (χ1n) is 5.97. The fourth-order valence-corrected chi connectivity index (χ4v) is 2.46. The highest BCUT2D eigenvalue weighted by atomic mass is 16.1. The monoisotopic (exact) mass is 238 g/mol. The molecule has 18 heavy (non-hydrogen) atoms. The largest absolute Gasteiger partial charge is 0.398 e. The number of benzene rings is 2. The van der Waals surface area contributed by atoms with Gasteiger partial charge in [-0.05, 0) is 17.2 Å². The summed E-state index contributed by atoms with van der Waals surface area (Å²) in [7, 11) is 0. The van der Waals surface area contributed by atoms with E-state index in [1.807, 2.05) is 48.5 Å². The number of hydrogen-bond acceptors (Lipinski definition) is 2. The minimum atomic E-state index is -0.136. The first-order chi connectivity index (χ1) is 8.75. The van der Waals surface area contributed by atoms with Gasteiger partial charge in [-0.15, -0.1) is 0 Å². The molecule has 90 valence electrons. The lowest BCUT2D eigenvalue weighted by Gasteiger charge is -2.27. The van der Waals surface area contributed by atoms with Crippen LogP contribution >= 0.6 is 0 Å². The predicted octanol–water partition coefficient (Wildman–Crippen LogP) is 2.03. The molecule has 0 spiro atoms. The molecule has 3 rings (SSSR count). The third-order valence-electron chi connectivity index (χ3n) is 3.33. The first-order valence-corrected chi connectivity index (χ1v) is 5.97. The van der Waals surface area contributed by atoms with E-state index in [1.165, 1.54) is 0 Å². The van der Waals surface area contributed by atoms with Gasteiger partial charge in [-0.3, -0.25) is 4.79 Å². The van der Waals surface area contributed by atoms with Crippen molar-refractivity contribution in [1.29, 1.82) is 0 Å². The minimum Gasteiger partial charge on any atom is -0.398 e. The second-order valence-electron chi connectivity index (χ2n) is 4.51. The standard InChI is InChI=1S/C15H14N2O/c16-13-8-4-3-7-12(13)15-11-6-2-1-5-10(11)9-14(18)17-15/h1-8,15H,9,16H2,(H,17,18)/t15-/m1/s1. The zero-order valence-corrected chi connectivity index (χ0v) is 9.89. The lowest BCUT2D eigenvalue weighted by atomic mass is 9.89. The second-order valence-corrected chi connectivity index (χ2v) is 4.51. The van der Waals surface area contributed by atoms with Crippen LogP contribution in [0.4, 0.5) is 5.69 Å². The van der Waals surface area contributed by atoms with Crippen LogP contribution in [0.3, 0.4) is 0 Å². The number of rotatable bonds is 1. The molecule has 3 nitrogen and oxygen atoms in total. The Morgan fingerprint density at radius 3 is 2.44 bits per heavy atom. The molecule has 0 saturated carbocycles. The summed E-state index contributed by atoms with van der Waals surface area (Å²) in [6.07, 6.45) is 0.444. The van der Waals surface area contributed by atoms with Gasteiger partial charge in [-0.25, -0.2) is 0 Å². The van der Waals surface area contributed by atoms with Gasteiger partial charge in [0.15, 0.2) is 0 Å². The van der Waals surface area contributed by atoms with Crippen molar-refractivity contribution in [1.82, 2.24) is 5.32 Å². The highest BCUT2D eigenvalue weighted by Crippen LogP contribution is 2.31. The summed E-state index contributed by atoms with van der Waals surface area (Å²) >= 11 is 0. The molecule has 1 amide bonds. The van der Waals surface area contributed by atoms with Crippen molar-refractivity contribution in [3.05, 3.63) is 65.2 Å². The third-order valence-corrected chi connectivity index (χ3v) is 3.33. The van der Waals surface area contributed by atoms with Crippen molar-refractivity contribution < 1.29 is 4.79 Å². The molecule has 1 atom stereocenters. The minimum absolute atomic E-state index is 0.0435. The zero-order chi connectivity index (χ0) is 12.5. The Morgan fingerprint density at radius 2 is 1.67 bits per heavy atom. The van der Waals surface area contributed by atoms with Crippen LogP contribution in [0.15, 0.2) is 48.5 Å². The number of carbonyl (C=O) groups is 1.